The SMILES string of the molecule is COc1cc(/C=C\C(=O)NCCCS(=O)(=O)N2CCN(c3ccccn3)CC2)cc(OC)c1OC. The molecule has 1 amide bonds. The number of nitrogens with zero attached hydrogens (tertiary/aromatic N) is 3. The summed E-state index contributed by atoms with van der Waals surface area (Å²) in [5.41, 5.74) is 0.696. The molecule has 1 saturated heterocycles. The summed E-state index contributed by atoms with van der Waals surface area (Å²) in [6, 6.07) is 9.14. The van der Waals surface area contributed by atoms with Gasteiger partial charge < -0.3 is 24.4 Å². The first-order valence-electron chi connectivity index (χ1n) is 11.3. The third-order valence-corrected chi connectivity index (χ3v) is 7.55. The van der Waals surface area contributed by atoms with Crippen LogP contribution in [0.4, 0.5) is 5.82 Å². The Morgan fingerprint density at radius 2 is 1.74 bits per heavy atom. The Hall–Kier alpha value is -3.31. The average Bonchev–Trinajstić information content (AvgIpc) is 2.89. The quantitative estimate of drug-likeness (QED) is 0.364. The lowest BCUT2D eigenvalue weighted by Crippen LogP contribution is -2.49. The molecule has 1 fully saturated rings. The van der Waals surface area contributed by atoms with E-state index in [1.54, 1.807) is 24.4 Å². The molecule has 190 valence electrons. The van der Waals surface area contributed by atoms with Crippen molar-refractivity contribution < 1.29 is 27.4 Å². The first kappa shape index (κ1) is 26.3. The Balaban J connectivity index is 1.44. The lowest BCUT2D eigenvalue weighted by atomic mass is 10.1. The van der Waals surface area contributed by atoms with Gasteiger partial charge in [0, 0.05) is 45.0 Å². The molecule has 0 saturated carbocycles. The normalized spacial score (nSPS) is 14.7. The highest BCUT2D eigenvalue weighted by molar-refractivity contribution is 7.89. The zero-order valence-electron chi connectivity index (χ0n) is 20.3. The molecule has 2 heterocycles. The number of pyridine rings is 1. The number of benzene rings is 1. The number of anilines is 1. The summed E-state index contributed by atoms with van der Waals surface area (Å²) in [7, 11) is 1.17. The number of hydrogen-bond donors (Lipinski definition) is 1. The molecule has 35 heavy (non-hydrogen) atoms. The lowest BCUT2D eigenvalue weighted by Gasteiger charge is -2.34. The van der Waals surface area contributed by atoms with Crippen molar-refractivity contribution in [3.05, 3.63) is 48.2 Å². The number of amides is 1. The van der Waals surface area contributed by atoms with Crippen molar-refractivity contribution in [3.8, 4) is 17.2 Å². The molecular weight excluding hydrogens is 472 g/mol. The smallest absolute Gasteiger partial charge is 0.243 e. The van der Waals surface area contributed by atoms with Crippen LogP contribution in [0.2, 0.25) is 0 Å². The van der Waals surface area contributed by atoms with Crippen LogP contribution in [0, 0.1) is 0 Å². The molecule has 1 N–H and O–H groups in total. The van der Waals surface area contributed by atoms with Crippen molar-refractivity contribution in [1.29, 1.82) is 0 Å². The summed E-state index contributed by atoms with van der Waals surface area (Å²) in [5, 5.41) is 2.72. The first-order chi connectivity index (χ1) is 16.9. The maximum absolute atomic E-state index is 12.7. The Labute approximate surface area is 206 Å². The standard InChI is InChI=1S/C24H32N4O6S/c1-32-20-17-19(18-21(33-2)24(20)34-3)8-9-23(29)26-11-6-16-35(30,31)28-14-12-27(13-15-28)22-7-4-5-10-25-22/h4-5,7-10,17-18H,6,11-16H2,1-3H3,(H,26,29)/b9-8-. The van der Waals surface area contributed by atoms with E-state index in [0.29, 0.717) is 55.4 Å². The highest BCUT2D eigenvalue weighted by Gasteiger charge is 2.26. The van der Waals surface area contributed by atoms with Crippen molar-refractivity contribution in [2.24, 2.45) is 0 Å². The van der Waals surface area contributed by atoms with Crippen LogP contribution < -0.4 is 24.4 Å². The predicted molar refractivity (Wildman–Crippen MR) is 135 cm³/mol. The first-order valence-corrected chi connectivity index (χ1v) is 12.9. The number of sulfonamides is 1. The molecule has 0 spiro atoms. The molecular formula is C24H32N4O6S. The second kappa shape index (κ2) is 12.4. The molecule has 0 bridgehead atoms. The van der Waals surface area contributed by atoms with Crippen molar-refractivity contribution >= 4 is 27.8 Å². The molecule has 0 atom stereocenters. The molecule has 11 heteroatoms. The summed E-state index contributed by atoms with van der Waals surface area (Å²) in [6.45, 7) is 2.29. The molecule has 1 aliphatic heterocycles. The summed E-state index contributed by atoms with van der Waals surface area (Å²) >= 11 is 0. The molecule has 0 unspecified atom stereocenters. The monoisotopic (exact) mass is 504 g/mol. The van der Waals surface area contributed by atoms with E-state index in [1.807, 2.05) is 18.2 Å². The van der Waals surface area contributed by atoms with Crippen LogP contribution in [0.5, 0.6) is 17.2 Å². The van der Waals surface area contributed by atoms with Gasteiger partial charge in [-0.3, -0.25) is 4.79 Å². The van der Waals surface area contributed by atoms with E-state index in [1.165, 1.54) is 31.7 Å². The van der Waals surface area contributed by atoms with Gasteiger partial charge in [0.1, 0.15) is 5.82 Å². The van der Waals surface area contributed by atoms with Gasteiger partial charge in [-0.2, -0.15) is 4.31 Å². The number of piperazine rings is 1. The maximum Gasteiger partial charge on any atom is 0.243 e. The van der Waals surface area contributed by atoms with Crippen LogP contribution in [0.3, 0.4) is 0 Å². The average molecular weight is 505 g/mol. The maximum atomic E-state index is 12.7. The van der Waals surface area contributed by atoms with Gasteiger partial charge in [-0.25, -0.2) is 13.4 Å². The third kappa shape index (κ3) is 7.09. The van der Waals surface area contributed by atoms with Gasteiger partial charge >= 0.3 is 0 Å². The number of ether oxygens (including phenoxy) is 3. The van der Waals surface area contributed by atoms with E-state index in [4.69, 9.17) is 14.2 Å². The van der Waals surface area contributed by atoms with Gasteiger partial charge in [-0.05, 0) is 42.3 Å². The molecule has 2 aromatic rings. The number of rotatable bonds is 11. The Bertz CT molecular complexity index is 1090. The summed E-state index contributed by atoms with van der Waals surface area (Å²) < 4.78 is 42.8. The van der Waals surface area contributed by atoms with E-state index < -0.39 is 10.0 Å². The zero-order valence-corrected chi connectivity index (χ0v) is 21.1. The molecule has 1 aromatic heterocycles. The minimum absolute atomic E-state index is 0.0204. The topological polar surface area (TPSA) is 110 Å². The fourth-order valence-electron chi connectivity index (χ4n) is 3.76. The van der Waals surface area contributed by atoms with Crippen molar-refractivity contribution in [2.75, 3.05) is 64.7 Å². The molecule has 10 nitrogen and oxygen atoms in total. The number of carbonyl (C=O) groups excluding carboxylic acids is 1. The Kier molecular flexibility index (Phi) is 9.32. The summed E-state index contributed by atoms with van der Waals surface area (Å²) in [4.78, 5) is 18.6. The van der Waals surface area contributed by atoms with Crippen LogP contribution in [-0.4, -0.2) is 83.4 Å². The lowest BCUT2D eigenvalue weighted by molar-refractivity contribution is -0.116. The second-order valence-electron chi connectivity index (χ2n) is 7.83. The van der Waals surface area contributed by atoms with Crippen LogP contribution in [-0.2, 0) is 14.8 Å². The van der Waals surface area contributed by atoms with Crippen LogP contribution in [0.15, 0.2) is 42.6 Å². The Morgan fingerprint density at radius 3 is 2.31 bits per heavy atom. The van der Waals surface area contributed by atoms with E-state index in [2.05, 4.69) is 15.2 Å². The molecule has 0 aliphatic carbocycles. The minimum atomic E-state index is -3.39. The van der Waals surface area contributed by atoms with Gasteiger partial charge in [0.2, 0.25) is 21.7 Å². The van der Waals surface area contributed by atoms with E-state index in [-0.39, 0.29) is 18.2 Å². The summed E-state index contributed by atoms with van der Waals surface area (Å²) in [6.07, 6.45) is 5.06. The molecule has 1 aliphatic rings. The number of hydrogen-bond acceptors (Lipinski definition) is 8. The highest BCUT2D eigenvalue weighted by atomic mass is 32.2. The predicted octanol–water partition coefficient (Wildman–Crippen LogP) is 1.78. The Morgan fingerprint density at radius 1 is 1.06 bits per heavy atom. The number of carbonyl (C=O) groups is 1. The van der Waals surface area contributed by atoms with Crippen LogP contribution in [0.1, 0.15) is 12.0 Å². The number of methoxy groups -OCH3 is 3. The molecule has 0 radical (unpaired) electrons. The largest absolute Gasteiger partial charge is 0.493 e. The van der Waals surface area contributed by atoms with E-state index in [9.17, 15) is 13.2 Å². The molecule has 1 aromatic carbocycles. The van der Waals surface area contributed by atoms with Crippen molar-refractivity contribution in [3.63, 3.8) is 0 Å². The van der Waals surface area contributed by atoms with E-state index >= 15 is 0 Å². The fourth-order valence-corrected chi connectivity index (χ4v) is 5.25. The van der Waals surface area contributed by atoms with Gasteiger partial charge in [0.05, 0.1) is 27.1 Å². The highest BCUT2D eigenvalue weighted by Crippen LogP contribution is 2.38. The fraction of sp³-hybridized carbons (Fsp3) is 0.417. The number of aromatic nitrogens is 1. The third-order valence-electron chi connectivity index (χ3n) is 5.60. The summed E-state index contributed by atoms with van der Waals surface area (Å²) in [5.74, 6) is 1.95. The van der Waals surface area contributed by atoms with Crippen LogP contribution in [0.25, 0.3) is 6.08 Å². The van der Waals surface area contributed by atoms with Crippen molar-refractivity contribution in [2.45, 2.75) is 6.42 Å². The van der Waals surface area contributed by atoms with Gasteiger partial charge in [0.25, 0.3) is 0 Å². The minimum Gasteiger partial charge on any atom is -0.493 e. The van der Waals surface area contributed by atoms with E-state index in [0.717, 1.165) is 5.82 Å². The van der Waals surface area contributed by atoms with Crippen molar-refractivity contribution in [1.82, 2.24) is 14.6 Å². The molecule has 3 rings (SSSR count). The van der Waals surface area contributed by atoms with Gasteiger partial charge in [-0.15, -0.1) is 0 Å². The zero-order chi connectivity index (χ0) is 25.3. The number of nitrogens with one attached hydrogen (secondary N) is 1. The van der Waals surface area contributed by atoms with Gasteiger partial charge in [-0.1, -0.05) is 6.07 Å². The second-order valence-corrected chi connectivity index (χ2v) is 9.92. The van der Waals surface area contributed by atoms with Gasteiger partial charge in [0.15, 0.2) is 11.5 Å². The van der Waals surface area contributed by atoms with Crippen LogP contribution >= 0.6 is 0 Å².